The zero-order chi connectivity index (χ0) is 27.3. The van der Waals surface area contributed by atoms with E-state index in [0.717, 1.165) is 64.8 Å². The molecule has 0 aromatic heterocycles. The van der Waals surface area contributed by atoms with Crippen LogP contribution in [0, 0.1) is 5.92 Å². The molecule has 37 heavy (non-hydrogen) atoms. The quantitative estimate of drug-likeness (QED) is 0.335. The van der Waals surface area contributed by atoms with Crippen molar-refractivity contribution in [2.45, 2.75) is 108 Å². The third-order valence-corrected chi connectivity index (χ3v) is 8.74. The van der Waals surface area contributed by atoms with Gasteiger partial charge >= 0.3 is 0 Å². The van der Waals surface area contributed by atoms with Gasteiger partial charge in [-0.2, -0.15) is 0 Å². The molecule has 2 saturated carbocycles. The monoisotopic (exact) mass is 520 g/mol. The maximum absolute atomic E-state index is 12.3. The molecule has 3 fully saturated rings. The van der Waals surface area contributed by atoms with Gasteiger partial charge in [0.2, 0.25) is 0 Å². The first-order chi connectivity index (χ1) is 17.7. The molecule has 7 nitrogen and oxygen atoms in total. The lowest BCUT2D eigenvalue weighted by Crippen LogP contribution is -2.74. The van der Waals surface area contributed by atoms with E-state index in [2.05, 4.69) is 30.1 Å². The fourth-order valence-electron chi connectivity index (χ4n) is 6.76. The Balaban J connectivity index is 0.000000711. The van der Waals surface area contributed by atoms with Crippen molar-refractivity contribution in [1.29, 1.82) is 0 Å². The molecule has 1 saturated heterocycles. The Bertz CT molecular complexity index is 860. The number of nitrogens with one attached hydrogen (secondary N) is 1. The molecule has 5 rings (SSSR count). The van der Waals surface area contributed by atoms with Crippen LogP contribution in [0.2, 0.25) is 0 Å². The van der Waals surface area contributed by atoms with Gasteiger partial charge in [0, 0.05) is 37.7 Å². The number of hydrogen-bond donors (Lipinski definition) is 5. The van der Waals surface area contributed by atoms with E-state index in [-0.39, 0.29) is 18.1 Å². The van der Waals surface area contributed by atoms with Crippen LogP contribution in [-0.2, 0) is 16.6 Å². The van der Waals surface area contributed by atoms with Crippen molar-refractivity contribution in [2.75, 3.05) is 40.0 Å². The minimum absolute atomic E-state index is 0.00555. The Labute approximate surface area is 224 Å². The van der Waals surface area contributed by atoms with E-state index in [1.165, 1.54) is 30.4 Å². The average molecular weight is 521 g/mol. The van der Waals surface area contributed by atoms with Gasteiger partial charge in [-0.1, -0.05) is 26.3 Å². The third-order valence-electron chi connectivity index (χ3n) is 8.74. The molecular formula is C30H52N2O5. The summed E-state index contributed by atoms with van der Waals surface area (Å²) in [5.41, 5.74) is 0.895. The number of aliphatic hydroxyl groups is 3. The first-order valence-corrected chi connectivity index (χ1v) is 14.4. The van der Waals surface area contributed by atoms with Gasteiger partial charge in [0.1, 0.15) is 5.75 Å². The number of nitrogens with zero attached hydrogens (tertiary/aromatic N) is 1. The largest absolute Gasteiger partial charge is 0.508 e. The topological polar surface area (TPSA) is 105 Å². The van der Waals surface area contributed by atoms with E-state index in [1.807, 2.05) is 19.9 Å². The number of aliphatic hydroxyl groups excluding tert-OH is 2. The Morgan fingerprint density at radius 2 is 1.84 bits per heavy atom. The molecule has 0 radical (unpaired) electrons. The molecular weight excluding hydrogens is 468 g/mol. The molecule has 2 bridgehead atoms. The number of fused-ring (bicyclic) bond motifs is 1. The Kier molecular flexibility index (Phi) is 10.5. The van der Waals surface area contributed by atoms with Crippen molar-refractivity contribution < 1.29 is 25.2 Å². The summed E-state index contributed by atoms with van der Waals surface area (Å²) >= 11 is 0. The standard InChI is InChI=1S/C26H40N2O4.C3H8.CH4O/c1-24(2,17-29)32-12-10-27-20-7-8-26(31)23-13-19-5-6-21(30)14-22(19)25(26,15-20)9-11-28(23)16-18-3-4-18;1-3-2;1-2/h5-6,14,18,20,23,27,29-31H,3-4,7-13,15-17H2,1-2H3;3H2,1-2H3;2H,1H3/t20-,23?,25?,26?;;/m1../s1. The minimum Gasteiger partial charge on any atom is -0.508 e. The van der Waals surface area contributed by atoms with Crippen molar-refractivity contribution in [3.05, 3.63) is 29.3 Å². The Hall–Kier alpha value is -1.22. The highest BCUT2D eigenvalue weighted by Crippen LogP contribution is 2.58. The highest BCUT2D eigenvalue weighted by molar-refractivity contribution is 5.48. The van der Waals surface area contributed by atoms with Gasteiger partial charge in [-0.3, -0.25) is 4.90 Å². The highest BCUT2D eigenvalue weighted by Gasteiger charge is 2.64. The number of piperidine rings is 1. The molecule has 1 heterocycles. The summed E-state index contributed by atoms with van der Waals surface area (Å²) in [7, 11) is 1.00. The number of phenolic OH excluding ortho intramolecular Hbond substituents is 1. The van der Waals surface area contributed by atoms with Crippen LogP contribution in [0.4, 0.5) is 0 Å². The van der Waals surface area contributed by atoms with Gasteiger partial charge in [-0.25, -0.2) is 0 Å². The Morgan fingerprint density at radius 3 is 2.49 bits per heavy atom. The summed E-state index contributed by atoms with van der Waals surface area (Å²) < 4.78 is 5.80. The molecule has 0 amide bonds. The predicted octanol–water partition coefficient (Wildman–Crippen LogP) is 3.36. The van der Waals surface area contributed by atoms with Crippen LogP contribution in [0.1, 0.15) is 83.8 Å². The molecule has 1 aromatic carbocycles. The lowest BCUT2D eigenvalue weighted by molar-refractivity contribution is -0.171. The van der Waals surface area contributed by atoms with E-state index >= 15 is 0 Å². The maximum atomic E-state index is 12.3. The second kappa shape index (κ2) is 12.8. The van der Waals surface area contributed by atoms with Gasteiger partial charge in [-0.15, -0.1) is 0 Å². The molecule has 1 aliphatic heterocycles. The fourth-order valence-corrected chi connectivity index (χ4v) is 6.76. The van der Waals surface area contributed by atoms with Crippen LogP contribution in [0.3, 0.4) is 0 Å². The van der Waals surface area contributed by atoms with Crippen LogP contribution in [0.15, 0.2) is 18.2 Å². The van der Waals surface area contributed by atoms with E-state index in [1.54, 1.807) is 6.07 Å². The average Bonchev–Trinajstić information content (AvgIpc) is 3.70. The molecule has 0 spiro atoms. The Morgan fingerprint density at radius 1 is 1.14 bits per heavy atom. The summed E-state index contributed by atoms with van der Waals surface area (Å²) in [6.07, 6.45) is 8.35. The van der Waals surface area contributed by atoms with Crippen LogP contribution >= 0.6 is 0 Å². The van der Waals surface area contributed by atoms with Gasteiger partial charge < -0.3 is 30.5 Å². The first kappa shape index (κ1) is 30.3. The number of phenols is 1. The molecule has 7 heteroatoms. The number of hydrogen-bond acceptors (Lipinski definition) is 7. The van der Waals surface area contributed by atoms with Crippen molar-refractivity contribution in [1.82, 2.24) is 10.2 Å². The van der Waals surface area contributed by atoms with Crippen molar-refractivity contribution >= 4 is 0 Å². The van der Waals surface area contributed by atoms with Gasteiger partial charge in [0.25, 0.3) is 0 Å². The smallest absolute Gasteiger partial charge is 0.115 e. The molecule has 3 aliphatic carbocycles. The fraction of sp³-hybridized carbons (Fsp3) is 0.800. The van der Waals surface area contributed by atoms with Crippen LogP contribution in [0.25, 0.3) is 0 Å². The normalized spacial score (nSPS) is 30.7. The SMILES string of the molecule is CC(C)(CO)OCCN[C@@H]1CCC2(O)C3Cc4ccc(O)cc4C2(CCN3CC2CC2)C1.CCC.CO. The van der Waals surface area contributed by atoms with E-state index < -0.39 is 11.2 Å². The molecule has 3 unspecified atom stereocenters. The van der Waals surface area contributed by atoms with E-state index in [9.17, 15) is 15.3 Å². The van der Waals surface area contributed by atoms with Crippen molar-refractivity contribution in [2.24, 2.45) is 5.92 Å². The third kappa shape index (κ3) is 6.51. The number of benzene rings is 1. The van der Waals surface area contributed by atoms with Gasteiger partial charge in [0.15, 0.2) is 0 Å². The lowest BCUT2D eigenvalue weighted by atomic mass is 9.49. The summed E-state index contributed by atoms with van der Waals surface area (Å²) in [4.78, 5) is 2.59. The number of ether oxygens (including phenoxy) is 1. The number of aromatic hydroxyl groups is 1. The summed E-state index contributed by atoms with van der Waals surface area (Å²) in [5.74, 6) is 1.11. The maximum Gasteiger partial charge on any atom is 0.115 e. The van der Waals surface area contributed by atoms with Crippen LogP contribution in [0.5, 0.6) is 5.75 Å². The highest BCUT2D eigenvalue weighted by atomic mass is 16.5. The summed E-state index contributed by atoms with van der Waals surface area (Å²) in [6.45, 7) is 11.5. The van der Waals surface area contributed by atoms with Crippen LogP contribution in [-0.4, -0.2) is 88.6 Å². The van der Waals surface area contributed by atoms with Gasteiger partial charge in [-0.05, 0) is 94.5 Å². The number of likely N-dealkylation sites (tertiary alicyclic amines) is 1. The summed E-state index contributed by atoms with van der Waals surface area (Å²) in [6, 6.07) is 6.30. The van der Waals surface area contributed by atoms with Gasteiger partial charge in [0.05, 0.1) is 24.4 Å². The van der Waals surface area contributed by atoms with Crippen LogP contribution < -0.4 is 5.32 Å². The zero-order valence-electron chi connectivity index (χ0n) is 23.8. The molecule has 4 aliphatic rings. The zero-order valence-corrected chi connectivity index (χ0v) is 23.8. The molecule has 4 atom stereocenters. The molecule has 5 N–H and O–H groups in total. The first-order valence-electron chi connectivity index (χ1n) is 14.4. The van der Waals surface area contributed by atoms with Crippen molar-refractivity contribution in [3.8, 4) is 5.75 Å². The molecule has 212 valence electrons. The number of rotatable bonds is 8. The second-order valence-electron chi connectivity index (χ2n) is 12.1. The minimum atomic E-state index is -0.742. The second-order valence-corrected chi connectivity index (χ2v) is 12.1. The van der Waals surface area contributed by atoms with Crippen molar-refractivity contribution in [3.63, 3.8) is 0 Å². The summed E-state index contributed by atoms with van der Waals surface area (Å²) in [5, 5.41) is 42.7. The molecule has 1 aromatic rings. The predicted molar refractivity (Wildman–Crippen MR) is 148 cm³/mol. The van der Waals surface area contributed by atoms with E-state index in [4.69, 9.17) is 9.84 Å². The lowest BCUT2D eigenvalue weighted by Gasteiger charge is -2.65. The van der Waals surface area contributed by atoms with E-state index in [0.29, 0.717) is 18.4 Å².